The fourth-order valence-corrected chi connectivity index (χ4v) is 3.57. The highest BCUT2D eigenvalue weighted by molar-refractivity contribution is 7.86. The highest BCUT2D eigenvalue weighted by atomic mass is 32.2. The molecule has 7 nitrogen and oxygen atoms in total. The lowest BCUT2D eigenvalue weighted by Gasteiger charge is -2.24. The fourth-order valence-electron chi connectivity index (χ4n) is 2.62. The highest BCUT2D eigenvalue weighted by Gasteiger charge is 2.36. The van der Waals surface area contributed by atoms with Crippen LogP contribution in [0, 0.1) is 5.92 Å². The Labute approximate surface area is 149 Å². The second kappa shape index (κ2) is 7.82. The Morgan fingerprint density at radius 3 is 2.48 bits per heavy atom. The number of hydrogen-bond acceptors (Lipinski definition) is 7. The first-order valence-electron chi connectivity index (χ1n) is 8.27. The molecule has 0 aromatic heterocycles. The van der Waals surface area contributed by atoms with Crippen molar-refractivity contribution in [2.45, 2.75) is 50.3 Å². The lowest BCUT2D eigenvalue weighted by atomic mass is 10.0. The molecule has 140 valence electrons. The second-order valence-electron chi connectivity index (χ2n) is 7.10. The van der Waals surface area contributed by atoms with Gasteiger partial charge in [0.05, 0.1) is 11.5 Å². The quantitative estimate of drug-likeness (QED) is 0.572. The Hall–Kier alpha value is -1.48. The van der Waals surface area contributed by atoms with Crippen LogP contribution in [0.25, 0.3) is 0 Å². The van der Waals surface area contributed by atoms with Crippen LogP contribution in [0.5, 0.6) is 0 Å². The van der Waals surface area contributed by atoms with Crippen LogP contribution in [0.15, 0.2) is 29.2 Å². The lowest BCUT2D eigenvalue weighted by molar-refractivity contribution is -0.158. The van der Waals surface area contributed by atoms with Crippen molar-refractivity contribution in [3.05, 3.63) is 29.8 Å². The summed E-state index contributed by atoms with van der Waals surface area (Å²) < 4.78 is 35.2. The minimum atomic E-state index is -3.88. The van der Waals surface area contributed by atoms with Crippen molar-refractivity contribution in [2.75, 3.05) is 13.2 Å². The van der Waals surface area contributed by atoms with E-state index in [1.54, 1.807) is 32.9 Å². The van der Waals surface area contributed by atoms with Gasteiger partial charge in [-0.05, 0) is 51.4 Å². The molecule has 1 fully saturated rings. The van der Waals surface area contributed by atoms with Crippen molar-refractivity contribution >= 4 is 16.1 Å². The Kier molecular flexibility index (Phi) is 6.21. The molecule has 1 saturated heterocycles. The summed E-state index contributed by atoms with van der Waals surface area (Å²) in [5.74, 6) is -0.642. The third-order valence-corrected chi connectivity index (χ3v) is 5.19. The first-order valence-corrected chi connectivity index (χ1v) is 9.68. The van der Waals surface area contributed by atoms with Gasteiger partial charge in [-0.25, -0.2) is 0 Å². The number of nitrogens with two attached hydrogens (primary N) is 1. The number of benzene rings is 1. The summed E-state index contributed by atoms with van der Waals surface area (Å²) in [4.78, 5) is 12.3. The molecule has 0 amide bonds. The zero-order chi connectivity index (χ0) is 18.7. The molecule has 2 rings (SSSR count). The first kappa shape index (κ1) is 19.8. The monoisotopic (exact) mass is 370 g/mol. The van der Waals surface area contributed by atoms with Gasteiger partial charge in [-0.1, -0.05) is 12.1 Å². The molecule has 0 aliphatic carbocycles. The smallest absolute Gasteiger partial charge is 0.324 e. The van der Waals surface area contributed by atoms with E-state index in [0.717, 1.165) is 5.56 Å². The van der Waals surface area contributed by atoms with Crippen molar-refractivity contribution in [3.8, 4) is 0 Å². The number of carbonyl (C=O) groups excluding carboxylic acids is 1. The molecule has 3 N–H and O–H groups in total. The summed E-state index contributed by atoms with van der Waals surface area (Å²) in [5, 5.41) is 3.06. The van der Waals surface area contributed by atoms with Crippen LogP contribution in [0.4, 0.5) is 0 Å². The number of hydrogen-bond donors (Lipinski definition) is 2. The summed E-state index contributed by atoms with van der Waals surface area (Å²) in [7, 11) is -3.88. The predicted molar refractivity (Wildman–Crippen MR) is 93.2 cm³/mol. The molecule has 1 heterocycles. The molecular weight excluding hydrogens is 344 g/mol. The summed E-state index contributed by atoms with van der Waals surface area (Å²) in [5.41, 5.74) is 5.75. The normalized spacial score (nSPS) is 21.3. The van der Waals surface area contributed by atoms with Crippen LogP contribution < -0.4 is 11.1 Å². The van der Waals surface area contributed by atoms with Gasteiger partial charge in [0.15, 0.2) is 0 Å². The van der Waals surface area contributed by atoms with E-state index >= 15 is 0 Å². The van der Waals surface area contributed by atoms with E-state index in [2.05, 4.69) is 5.32 Å². The molecule has 0 bridgehead atoms. The Balaban J connectivity index is 1.99. The SMILES string of the molecule is CC(C)(C)OC(=O)C1NCCC1COS(=O)(=O)c1ccc(CN)cc1. The zero-order valence-electron chi connectivity index (χ0n) is 14.8. The zero-order valence-corrected chi connectivity index (χ0v) is 15.6. The molecule has 1 aliphatic heterocycles. The number of esters is 1. The van der Waals surface area contributed by atoms with Crippen LogP contribution in [0.2, 0.25) is 0 Å². The average Bonchev–Trinajstić information content (AvgIpc) is 3.00. The maximum Gasteiger partial charge on any atom is 0.324 e. The van der Waals surface area contributed by atoms with Crippen LogP contribution in [-0.4, -0.2) is 39.2 Å². The van der Waals surface area contributed by atoms with Gasteiger partial charge in [-0.2, -0.15) is 8.42 Å². The molecular formula is C17H26N2O5S. The Morgan fingerprint density at radius 1 is 1.28 bits per heavy atom. The van der Waals surface area contributed by atoms with Crippen LogP contribution >= 0.6 is 0 Å². The van der Waals surface area contributed by atoms with Crippen molar-refractivity contribution in [2.24, 2.45) is 11.7 Å². The fraction of sp³-hybridized carbons (Fsp3) is 0.588. The van der Waals surface area contributed by atoms with Crippen LogP contribution in [0.3, 0.4) is 0 Å². The van der Waals surface area contributed by atoms with E-state index in [9.17, 15) is 13.2 Å². The molecule has 1 aromatic carbocycles. The molecule has 8 heteroatoms. The summed E-state index contributed by atoms with van der Waals surface area (Å²) in [6.45, 7) is 6.26. The number of rotatable bonds is 6. The third kappa shape index (κ3) is 5.50. The maximum atomic E-state index is 12.3. The number of ether oxygens (including phenoxy) is 1. The molecule has 0 saturated carbocycles. The summed E-state index contributed by atoms with van der Waals surface area (Å²) in [6, 6.07) is 5.67. The van der Waals surface area contributed by atoms with Gasteiger partial charge >= 0.3 is 5.97 Å². The predicted octanol–water partition coefficient (Wildman–Crippen LogP) is 1.17. The second-order valence-corrected chi connectivity index (χ2v) is 8.72. The molecule has 2 unspecified atom stereocenters. The van der Waals surface area contributed by atoms with Crippen molar-refractivity contribution in [1.82, 2.24) is 5.32 Å². The van der Waals surface area contributed by atoms with Gasteiger partial charge in [0, 0.05) is 12.5 Å². The third-order valence-electron chi connectivity index (χ3n) is 3.90. The maximum absolute atomic E-state index is 12.3. The van der Waals surface area contributed by atoms with Crippen LogP contribution in [-0.2, 0) is 30.4 Å². The largest absolute Gasteiger partial charge is 0.459 e. The van der Waals surface area contributed by atoms with Gasteiger partial charge in [0.1, 0.15) is 11.6 Å². The molecule has 2 atom stereocenters. The number of carbonyl (C=O) groups is 1. The first-order chi connectivity index (χ1) is 11.6. The minimum absolute atomic E-state index is 0.0715. The van der Waals surface area contributed by atoms with E-state index in [-0.39, 0.29) is 23.4 Å². The molecule has 1 aliphatic rings. The molecule has 0 spiro atoms. The molecule has 25 heavy (non-hydrogen) atoms. The standard InChI is InChI=1S/C17H26N2O5S/c1-17(2,3)24-16(20)15-13(8-9-19-15)11-23-25(21,22)14-6-4-12(10-18)5-7-14/h4-7,13,15,19H,8-11,18H2,1-3H3. The van der Waals surface area contributed by atoms with Crippen molar-refractivity contribution in [1.29, 1.82) is 0 Å². The van der Waals surface area contributed by atoms with Gasteiger partial charge < -0.3 is 15.8 Å². The van der Waals surface area contributed by atoms with Crippen molar-refractivity contribution < 1.29 is 22.1 Å². The Bertz CT molecular complexity index is 695. The molecule has 1 aromatic rings. The van der Waals surface area contributed by atoms with E-state index in [0.29, 0.717) is 19.5 Å². The van der Waals surface area contributed by atoms with Gasteiger partial charge in [0.25, 0.3) is 10.1 Å². The van der Waals surface area contributed by atoms with Gasteiger partial charge in [0.2, 0.25) is 0 Å². The lowest BCUT2D eigenvalue weighted by Crippen LogP contribution is -2.42. The van der Waals surface area contributed by atoms with E-state index in [1.165, 1.54) is 12.1 Å². The van der Waals surface area contributed by atoms with E-state index in [1.807, 2.05) is 0 Å². The summed E-state index contributed by atoms with van der Waals surface area (Å²) >= 11 is 0. The van der Waals surface area contributed by atoms with E-state index in [4.69, 9.17) is 14.7 Å². The van der Waals surface area contributed by atoms with Gasteiger partial charge in [-0.15, -0.1) is 0 Å². The average molecular weight is 370 g/mol. The van der Waals surface area contributed by atoms with Crippen LogP contribution in [0.1, 0.15) is 32.8 Å². The van der Waals surface area contributed by atoms with Crippen molar-refractivity contribution in [3.63, 3.8) is 0 Å². The molecule has 0 radical (unpaired) electrons. The minimum Gasteiger partial charge on any atom is -0.459 e. The topological polar surface area (TPSA) is 108 Å². The van der Waals surface area contributed by atoms with E-state index < -0.39 is 21.8 Å². The van der Waals surface area contributed by atoms with Gasteiger partial charge in [-0.3, -0.25) is 8.98 Å². The Morgan fingerprint density at radius 2 is 1.92 bits per heavy atom. The highest BCUT2D eigenvalue weighted by Crippen LogP contribution is 2.22. The summed E-state index contributed by atoms with van der Waals surface area (Å²) in [6.07, 6.45) is 0.644. The number of nitrogens with one attached hydrogen (secondary N) is 1.